The van der Waals surface area contributed by atoms with E-state index < -0.39 is 0 Å². The lowest BCUT2D eigenvalue weighted by molar-refractivity contribution is 0.442. The standard InChI is InChI=1S/C17H23NS/c1-5-13-18(15(2)3)16(4)10-9-14-19-17-11-7-6-8-12-17/h6-12H,2,4-5,13-14H2,1,3H3/b10-9+. The Morgan fingerprint density at radius 1 is 1.26 bits per heavy atom. The van der Waals surface area contributed by atoms with Crippen molar-refractivity contribution in [3.05, 3.63) is 67.0 Å². The molecule has 0 aliphatic carbocycles. The molecule has 102 valence electrons. The van der Waals surface area contributed by atoms with Gasteiger partial charge in [0.2, 0.25) is 0 Å². The topological polar surface area (TPSA) is 3.24 Å². The van der Waals surface area contributed by atoms with Gasteiger partial charge in [0, 0.05) is 28.6 Å². The third-order valence-corrected chi connectivity index (χ3v) is 3.62. The fourth-order valence-corrected chi connectivity index (χ4v) is 2.47. The van der Waals surface area contributed by atoms with Crippen molar-refractivity contribution in [1.82, 2.24) is 4.90 Å². The summed E-state index contributed by atoms with van der Waals surface area (Å²) in [6, 6.07) is 10.4. The molecule has 0 bridgehead atoms. The Morgan fingerprint density at radius 3 is 2.53 bits per heavy atom. The summed E-state index contributed by atoms with van der Waals surface area (Å²) in [5.74, 6) is 0.958. The molecule has 0 unspecified atom stereocenters. The van der Waals surface area contributed by atoms with E-state index in [2.05, 4.69) is 61.4 Å². The minimum atomic E-state index is 0.958. The van der Waals surface area contributed by atoms with Gasteiger partial charge in [0.05, 0.1) is 0 Å². The lowest BCUT2D eigenvalue weighted by atomic mass is 10.3. The second-order valence-electron chi connectivity index (χ2n) is 4.40. The van der Waals surface area contributed by atoms with E-state index in [4.69, 9.17) is 0 Å². The van der Waals surface area contributed by atoms with Crippen LogP contribution in [0.25, 0.3) is 0 Å². The van der Waals surface area contributed by atoms with E-state index in [1.807, 2.05) is 24.8 Å². The van der Waals surface area contributed by atoms with Crippen LogP contribution in [0.15, 0.2) is 71.9 Å². The average Bonchev–Trinajstić information content (AvgIpc) is 2.41. The van der Waals surface area contributed by atoms with E-state index in [0.29, 0.717) is 0 Å². The smallest absolute Gasteiger partial charge is 0.0332 e. The minimum absolute atomic E-state index is 0.958. The highest BCUT2D eigenvalue weighted by Crippen LogP contribution is 2.18. The molecule has 0 aromatic heterocycles. The van der Waals surface area contributed by atoms with Gasteiger partial charge in [0.15, 0.2) is 0 Å². The first-order valence-corrected chi connectivity index (χ1v) is 7.60. The molecule has 0 saturated heterocycles. The zero-order chi connectivity index (χ0) is 14.1. The molecular formula is C17H23NS. The highest BCUT2D eigenvalue weighted by atomic mass is 32.2. The summed E-state index contributed by atoms with van der Waals surface area (Å²) < 4.78 is 0. The summed E-state index contributed by atoms with van der Waals surface area (Å²) in [5.41, 5.74) is 2.07. The van der Waals surface area contributed by atoms with Crippen molar-refractivity contribution in [2.75, 3.05) is 12.3 Å². The largest absolute Gasteiger partial charge is 0.346 e. The van der Waals surface area contributed by atoms with Gasteiger partial charge in [-0.3, -0.25) is 0 Å². The van der Waals surface area contributed by atoms with Gasteiger partial charge < -0.3 is 4.90 Å². The van der Waals surface area contributed by atoms with Crippen molar-refractivity contribution < 1.29 is 0 Å². The third-order valence-electron chi connectivity index (χ3n) is 2.65. The Hall–Kier alpha value is -1.41. The van der Waals surface area contributed by atoms with E-state index in [0.717, 1.165) is 30.1 Å². The SMILES string of the molecule is C=C(C)N(CCC)C(=C)/C=C/CSc1ccccc1. The average molecular weight is 273 g/mol. The summed E-state index contributed by atoms with van der Waals surface area (Å²) >= 11 is 1.83. The molecule has 0 N–H and O–H groups in total. The molecule has 1 nitrogen and oxygen atoms in total. The molecule has 0 radical (unpaired) electrons. The summed E-state index contributed by atoms with van der Waals surface area (Å²) in [5, 5.41) is 0. The molecule has 0 spiro atoms. The van der Waals surface area contributed by atoms with Gasteiger partial charge in [-0.15, -0.1) is 11.8 Å². The van der Waals surface area contributed by atoms with E-state index in [1.54, 1.807) is 0 Å². The van der Waals surface area contributed by atoms with E-state index in [-0.39, 0.29) is 0 Å². The number of hydrogen-bond acceptors (Lipinski definition) is 2. The molecule has 0 aliphatic rings. The molecule has 0 heterocycles. The number of nitrogens with zero attached hydrogens (tertiary/aromatic N) is 1. The molecule has 2 heteroatoms. The van der Waals surface area contributed by atoms with Crippen molar-refractivity contribution in [1.29, 1.82) is 0 Å². The van der Waals surface area contributed by atoms with Crippen LogP contribution < -0.4 is 0 Å². The second kappa shape index (κ2) is 8.65. The van der Waals surface area contributed by atoms with Gasteiger partial charge in [0.1, 0.15) is 0 Å². The van der Waals surface area contributed by atoms with Gasteiger partial charge >= 0.3 is 0 Å². The molecule has 0 amide bonds. The predicted molar refractivity (Wildman–Crippen MR) is 87.3 cm³/mol. The van der Waals surface area contributed by atoms with Crippen LogP contribution in [0.5, 0.6) is 0 Å². The third kappa shape index (κ3) is 5.84. The summed E-state index contributed by atoms with van der Waals surface area (Å²) in [4.78, 5) is 3.45. The maximum absolute atomic E-state index is 4.11. The Morgan fingerprint density at radius 2 is 1.95 bits per heavy atom. The molecular weight excluding hydrogens is 250 g/mol. The zero-order valence-electron chi connectivity index (χ0n) is 11.9. The van der Waals surface area contributed by atoms with Gasteiger partial charge in [-0.1, -0.05) is 44.4 Å². The molecule has 0 fully saturated rings. The summed E-state index contributed by atoms with van der Waals surface area (Å²) in [6.07, 6.45) is 5.34. The molecule has 1 rings (SSSR count). The van der Waals surface area contributed by atoms with Crippen LogP contribution in [0, 0.1) is 0 Å². The van der Waals surface area contributed by atoms with Crippen molar-refractivity contribution in [3.63, 3.8) is 0 Å². The van der Waals surface area contributed by atoms with Crippen LogP contribution >= 0.6 is 11.8 Å². The van der Waals surface area contributed by atoms with Gasteiger partial charge in [0.25, 0.3) is 0 Å². The van der Waals surface area contributed by atoms with Crippen LogP contribution in [0.1, 0.15) is 20.3 Å². The van der Waals surface area contributed by atoms with Crippen LogP contribution in [0.4, 0.5) is 0 Å². The molecule has 0 atom stereocenters. The normalized spacial score (nSPS) is 10.6. The van der Waals surface area contributed by atoms with Gasteiger partial charge in [-0.05, 0) is 31.6 Å². The fourth-order valence-electron chi connectivity index (χ4n) is 1.74. The highest BCUT2D eigenvalue weighted by molar-refractivity contribution is 7.99. The Balaban J connectivity index is 2.43. The molecule has 19 heavy (non-hydrogen) atoms. The molecule has 1 aromatic rings. The Kier molecular flexibility index (Phi) is 7.12. The maximum Gasteiger partial charge on any atom is 0.0332 e. The second-order valence-corrected chi connectivity index (χ2v) is 5.50. The number of hydrogen-bond donors (Lipinski definition) is 0. The van der Waals surface area contributed by atoms with Crippen LogP contribution in [-0.4, -0.2) is 17.2 Å². The summed E-state index contributed by atoms with van der Waals surface area (Å²) in [6.45, 7) is 13.3. The Labute approximate surface area is 121 Å². The first-order chi connectivity index (χ1) is 9.15. The van der Waals surface area contributed by atoms with E-state index in [1.165, 1.54) is 4.90 Å². The van der Waals surface area contributed by atoms with Crippen LogP contribution in [-0.2, 0) is 0 Å². The van der Waals surface area contributed by atoms with Crippen LogP contribution in [0.2, 0.25) is 0 Å². The lowest BCUT2D eigenvalue weighted by Gasteiger charge is -2.24. The van der Waals surface area contributed by atoms with E-state index in [9.17, 15) is 0 Å². The Bertz CT molecular complexity index is 434. The number of allylic oxidation sites excluding steroid dienone is 2. The van der Waals surface area contributed by atoms with Crippen molar-refractivity contribution in [2.45, 2.75) is 25.2 Å². The molecule has 0 aliphatic heterocycles. The lowest BCUT2D eigenvalue weighted by Crippen LogP contribution is -2.19. The van der Waals surface area contributed by atoms with Crippen molar-refractivity contribution in [3.8, 4) is 0 Å². The van der Waals surface area contributed by atoms with E-state index >= 15 is 0 Å². The molecule has 1 aromatic carbocycles. The first kappa shape index (κ1) is 15.6. The predicted octanol–water partition coefficient (Wildman–Crippen LogP) is 5.09. The first-order valence-electron chi connectivity index (χ1n) is 6.61. The number of thioether (sulfide) groups is 1. The van der Waals surface area contributed by atoms with Crippen molar-refractivity contribution in [2.24, 2.45) is 0 Å². The number of rotatable bonds is 8. The maximum atomic E-state index is 4.11. The monoisotopic (exact) mass is 273 g/mol. The van der Waals surface area contributed by atoms with Crippen LogP contribution in [0.3, 0.4) is 0 Å². The van der Waals surface area contributed by atoms with Gasteiger partial charge in [-0.25, -0.2) is 0 Å². The highest BCUT2D eigenvalue weighted by Gasteiger charge is 2.03. The number of benzene rings is 1. The zero-order valence-corrected chi connectivity index (χ0v) is 12.7. The fraction of sp³-hybridized carbons (Fsp3) is 0.294. The molecule has 0 saturated carbocycles. The van der Waals surface area contributed by atoms with Gasteiger partial charge in [-0.2, -0.15) is 0 Å². The van der Waals surface area contributed by atoms with Crippen molar-refractivity contribution >= 4 is 11.8 Å². The minimum Gasteiger partial charge on any atom is -0.346 e. The summed E-state index contributed by atoms with van der Waals surface area (Å²) in [7, 11) is 0. The quantitative estimate of drug-likeness (QED) is 0.479.